The summed E-state index contributed by atoms with van der Waals surface area (Å²) in [5, 5.41) is 5.59. The molecular weight excluding hydrogens is 486 g/mol. The van der Waals surface area contributed by atoms with Crippen LogP contribution in [0.1, 0.15) is 55.5 Å². The van der Waals surface area contributed by atoms with E-state index < -0.39 is 35.6 Å². The van der Waals surface area contributed by atoms with E-state index in [1.807, 2.05) is 63.4 Å². The Hall–Kier alpha value is -3.44. The Morgan fingerprint density at radius 3 is 2.32 bits per heavy atom. The zero-order valence-corrected chi connectivity index (χ0v) is 23.5. The number of carbonyl (C=O) groups excluding carboxylic acids is 3. The van der Waals surface area contributed by atoms with Crippen LogP contribution in [0.5, 0.6) is 0 Å². The first-order valence-electron chi connectivity index (χ1n) is 12.1. The minimum atomic E-state index is -1.12. The SMILES string of the molecule is C#CN(C(=O)C(CCSC)NC(=O)OC(C)(C)C)C(C(=O)Nc1ccccc1C)c1ccc(C)cc1C. The van der Waals surface area contributed by atoms with Gasteiger partial charge in [0.25, 0.3) is 11.8 Å². The lowest BCUT2D eigenvalue weighted by molar-refractivity contribution is -0.136. The lowest BCUT2D eigenvalue weighted by Gasteiger charge is -2.31. The molecule has 2 unspecified atom stereocenters. The summed E-state index contributed by atoms with van der Waals surface area (Å²) in [4.78, 5) is 41.2. The van der Waals surface area contributed by atoms with Crippen LogP contribution < -0.4 is 10.6 Å². The van der Waals surface area contributed by atoms with Crippen molar-refractivity contribution in [2.75, 3.05) is 17.3 Å². The molecule has 0 heterocycles. The number of aryl methyl sites for hydroxylation is 3. The van der Waals surface area contributed by atoms with E-state index in [4.69, 9.17) is 11.2 Å². The monoisotopic (exact) mass is 523 g/mol. The number of benzene rings is 2. The van der Waals surface area contributed by atoms with Gasteiger partial charge in [0.15, 0.2) is 0 Å². The highest BCUT2D eigenvalue weighted by Gasteiger charge is 2.36. The third-order valence-electron chi connectivity index (χ3n) is 5.61. The molecule has 37 heavy (non-hydrogen) atoms. The molecule has 8 heteroatoms. The average Bonchev–Trinajstić information content (AvgIpc) is 2.80. The molecule has 2 N–H and O–H groups in total. The van der Waals surface area contributed by atoms with Gasteiger partial charge in [-0.05, 0) is 82.7 Å². The molecule has 3 amide bonds. The van der Waals surface area contributed by atoms with Crippen LogP contribution in [0.15, 0.2) is 42.5 Å². The molecule has 0 saturated heterocycles. The highest BCUT2D eigenvalue weighted by atomic mass is 32.2. The third-order valence-corrected chi connectivity index (χ3v) is 6.25. The molecule has 0 aliphatic carbocycles. The highest BCUT2D eigenvalue weighted by Crippen LogP contribution is 2.28. The normalized spacial score (nSPS) is 12.6. The molecule has 198 valence electrons. The first-order valence-corrected chi connectivity index (χ1v) is 13.5. The lowest BCUT2D eigenvalue weighted by Crippen LogP contribution is -2.51. The van der Waals surface area contributed by atoms with Crippen molar-refractivity contribution in [1.82, 2.24) is 10.2 Å². The van der Waals surface area contributed by atoms with Crippen LogP contribution in [0.3, 0.4) is 0 Å². The number of nitrogens with one attached hydrogen (secondary N) is 2. The number of para-hydroxylation sites is 1. The van der Waals surface area contributed by atoms with Gasteiger partial charge in [0.1, 0.15) is 17.7 Å². The number of thioether (sulfide) groups is 1. The van der Waals surface area contributed by atoms with Gasteiger partial charge in [0.2, 0.25) is 0 Å². The number of terminal acetylenes is 1. The molecule has 7 nitrogen and oxygen atoms in total. The molecule has 0 radical (unpaired) electrons. The number of alkyl carbamates (subject to hydrolysis) is 1. The van der Waals surface area contributed by atoms with E-state index in [2.05, 4.69) is 16.7 Å². The van der Waals surface area contributed by atoms with Crippen molar-refractivity contribution in [2.24, 2.45) is 0 Å². The summed E-state index contributed by atoms with van der Waals surface area (Å²) in [6.07, 6.45) is 7.37. The van der Waals surface area contributed by atoms with Gasteiger partial charge in [0.05, 0.1) is 0 Å². The van der Waals surface area contributed by atoms with Gasteiger partial charge in [0, 0.05) is 11.7 Å². The van der Waals surface area contributed by atoms with Crippen molar-refractivity contribution in [3.63, 3.8) is 0 Å². The topological polar surface area (TPSA) is 87.7 Å². The van der Waals surface area contributed by atoms with Crippen molar-refractivity contribution in [3.05, 3.63) is 64.7 Å². The predicted molar refractivity (Wildman–Crippen MR) is 150 cm³/mol. The van der Waals surface area contributed by atoms with Crippen LogP contribution in [0, 0.1) is 33.2 Å². The van der Waals surface area contributed by atoms with E-state index in [1.165, 1.54) is 11.8 Å². The molecule has 2 aromatic rings. The minimum Gasteiger partial charge on any atom is -0.444 e. The molecule has 2 atom stereocenters. The molecule has 2 aromatic carbocycles. The molecule has 0 aliphatic rings. The van der Waals surface area contributed by atoms with Gasteiger partial charge < -0.3 is 15.4 Å². The van der Waals surface area contributed by atoms with Crippen LogP contribution >= 0.6 is 11.8 Å². The fraction of sp³-hybridized carbons (Fsp3) is 0.414. The van der Waals surface area contributed by atoms with Gasteiger partial charge in [-0.2, -0.15) is 11.8 Å². The Morgan fingerprint density at radius 1 is 1.08 bits per heavy atom. The molecular formula is C29H37N3O4S. The second-order valence-electron chi connectivity index (χ2n) is 9.88. The zero-order valence-electron chi connectivity index (χ0n) is 22.7. The molecule has 0 fully saturated rings. The van der Waals surface area contributed by atoms with Crippen LogP contribution in [-0.4, -0.2) is 46.5 Å². The Kier molecular flexibility index (Phi) is 10.6. The maximum Gasteiger partial charge on any atom is 0.408 e. The average molecular weight is 524 g/mol. The second-order valence-corrected chi connectivity index (χ2v) is 10.9. The van der Waals surface area contributed by atoms with Gasteiger partial charge >= 0.3 is 6.09 Å². The summed E-state index contributed by atoms with van der Waals surface area (Å²) in [5.41, 5.74) is 3.19. The fourth-order valence-electron chi connectivity index (χ4n) is 3.82. The Labute approximate surface area is 224 Å². The van der Waals surface area contributed by atoms with Crippen molar-refractivity contribution in [3.8, 4) is 12.5 Å². The zero-order chi connectivity index (χ0) is 27.8. The van der Waals surface area contributed by atoms with E-state index in [9.17, 15) is 14.4 Å². The summed E-state index contributed by atoms with van der Waals surface area (Å²) in [6.45, 7) is 10.9. The molecule has 2 rings (SSSR count). The summed E-state index contributed by atoms with van der Waals surface area (Å²) < 4.78 is 5.37. The lowest BCUT2D eigenvalue weighted by atomic mass is 9.96. The van der Waals surface area contributed by atoms with Crippen LogP contribution in [-0.2, 0) is 14.3 Å². The molecule has 0 aliphatic heterocycles. The number of carbonyl (C=O) groups is 3. The first-order chi connectivity index (χ1) is 17.4. The molecule has 0 spiro atoms. The smallest absolute Gasteiger partial charge is 0.408 e. The number of hydrogen-bond donors (Lipinski definition) is 2. The number of hydrogen-bond acceptors (Lipinski definition) is 5. The summed E-state index contributed by atoms with van der Waals surface area (Å²) in [5.74, 6) is -0.422. The van der Waals surface area contributed by atoms with Crippen molar-refractivity contribution in [2.45, 2.75) is 65.6 Å². The first kappa shape index (κ1) is 29.8. The number of ether oxygens (including phenoxy) is 1. The maximum atomic E-state index is 13.8. The maximum absolute atomic E-state index is 13.8. The quantitative estimate of drug-likeness (QED) is 0.341. The highest BCUT2D eigenvalue weighted by molar-refractivity contribution is 7.98. The summed E-state index contributed by atoms with van der Waals surface area (Å²) in [6, 6.07) is 13.3. The number of amides is 3. The van der Waals surface area contributed by atoms with Crippen LogP contribution in [0.25, 0.3) is 0 Å². The summed E-state index contributed by atoms with van der Waals surface area (Å²) >= 11 is 1.53. The number of nitrogens with zero attached hydrogens (tertiary/aromatic N) is 1. The Morgan fingerprint density at radius 2 is 1.76 bits per heavy atom. The number of anilines is 1. The van der Waals surface area contributed by atoms with E-state index in [0.717, 1.165) is 21.6 Å². The molecule has 0 saturated carbocycles. The van der Waals surface area contributed by atoms with Crippen molar-refractivity contribution < 1.29 is 19.1 Å². The van der Waals surface area contributed by atoms with Crippen molar-refractivity contribution in [1.29, 1.82) is 0 Å². The van der Waals surface area contributed by atoms with Gasteiger partial charge in [-0.3, -0.25) is 14.5 Å². The molecule has 0 bridgehead atoms. The van der Waals surface area contributed by atoms with E-state index in [0.29, 0.717) is 23.4 Å². The second kappa shape index (κ2) is 13.2. The van der Waals surface area contributed by atoms with Gasteiger partial charge in [-0.15, -0.1) is 0 Å². The largest absolute Gasteiger partial charge is 0.444 e. The third kappa shape index (κ3) is 8.57. The van der Waals surface area contributed by atoms with E-state index in [1.54, 1.807) is 26.8 Å². The Bertz CT molecular complexity index is 1170. The number of rotatable bonds is 9. The molecule has 0 aromatic heterocycles. The minimum absolute atomic E-state index is 0.316. The summed E-state index contributed by atoms with van der Waals surface area (Å²) in [7, 11) is 0. The van der Waals surface area contributed by atoms with Crippen LogP contribution in [0.4, 0.5) is 10.5 Å². The fourth-order valence-corrected chi connectivity index (χ4v) is 4.29. The van der Waals surface area contributed by atoms with Crippen LogP contribution in [0.2, 0.25) is 0 Å². The van der Waals surface area contributed by atoms with E-state index in [-0.39, 0.29) is 0 Å². The van der Waals surface area contributed by atoms with Crippen molar-refractivity contribution >= 4 is 35.4 Å². The predicted octanol–water partition coefficient (Wildman–Crippen LogP) is 5.36. The standard InChI is InChI=1S/C29H37N3O4S/c1-9-32(27(34)24(16-17-37-8)31-28(35)36-29(5,6)7)25(22-15-14-19(2)18-21(22)4)26(33)30-23-13-11-10-12-20(23)3/h1,10-15,18,24-25H,16-17H2,2-8H3,(H,30,33)(H,31,35). The van der Waals surface area contributed by atoms with Gasteiger partial charge in [-0.25, -0.2) is 4.79 Å². The Balaban J connectivity index is 2.50. The van der Waals surface area contributed by atoms with Gasteiger partial charge in [-0.1, -0.05) is 48.4 Å². The van der Waals surface area contributed by atoms with E-state index >= 15 is 0 Å².